The van der Waals surface area contributed by atoms with Crippen molar-refractivity contribution >= 4 is 76.6 Å². The van der Waals surface area contributed by atoms with Crippen molar-refractivity contribution in [1.29, 1.82) is 0 Å². The Hall–Kier alpha value is 0.697. The van der Waals surface area contributed by atoms with Crippen LogP contribution in [0.3, 0.4) is 0 Å². The molecular formula is C48H84S3Sn2. The van der Waals surface area contributed by atoms with E-state index >= 15 is 0 Å². The average Bonchev–Trinajstić information content (AvgIpc) is 3.94. The molecule has 0 unspecified atom stereocenters. The van der Waals surface area contributed by atoms with Crippen LogP contribution in [0.2, 0.25) is 26.6 Å². The third-order valence-corrected chi connectivity index (χ3v) is 53.1. The molecule has 0 amide bonds. The van der Waals surface area contributed by atoms with Crippen molar-refractivity contribution in [3.63, 3.8) is 0 Å². The zero-order valence-corrected chi connectivity index (χ0v) is 44.5. The Kier molecular flexibility index (Phi) is 24.8. The summed E-state index contributed by atoms with van der Waals surface area (Å²) in [6.07, 6.45) is 30.5. The molecule has 5 heteroatoms. The van der Waals surface area contributed by atoms with Crippen LogP contribution in [0, 0.1) is 0 Å². The van der Waals surface area contributed by atoms with Gasteiger partial charge in [-0.1, -0.05) is 0 Å². The predicted octanol–water partition coefficient (Wildman–Crippen LogP) is 17.6. The Balaban J connectivity index is 2.13. The molecule has 53 heavy (non-hydrogen) atoms. The van der Waals surface area contributed by atoms with Crippen LogP contribution in [-0.2, 0) is 12.8 Å². The van der Waals surface area contributed by atoms with E-state index in [9.17, 15) is 0 Å². The first kappa shape index (κ1) is 48.1. The molecule has 0 aromatic carbocycles. The fraction of sp³-hybridized carbons (Fsp3) is 0.750. The maximum atomic E-state index is 2.75. The Labute approximate surface area is 351 Å². The van der Waals surface area contributed by atoms with Gasteiger partial charge in [-0.05, 0) is 0 Å². The molecule has 0 radical (unpaired) electrons. The van der Waals surface area contributed by atoms with Gasteiger partial charge in [-0.25, -0.2) is 0 Å². The molecule has 3 aromatic heterocycles. The predicted molar refractivity (Wildman–Crippen MR) is 256 cm³/mol. The van der Waals surface area contributed by atoms with Crippen molar-refractivity contribution in [3.05, 3.63) is 35.4 Å². The summed E-state index contributed by atoms with van der Waals surface area (Å²) in [5.74, 6) is 0. The van der Waals surface area contributed by atoms with E-state index in [0.29, 0.717) is 0 Å². The Morgan fingerprint density at radius 1 is 0.340 bits per heavy atom. The second-order valence-electron chi connectivity index (χ2n) is 16.9. The van der Waals surface area contributed by atoms with Gasteiger partial charge < -0.3 is 0 Å². The Morgan fingerprint density at radius 3 is 0.925 bits per heavy atom. The molecule has 3 aromatic rings. The number of thiophene rings is 3. The van der Waals surface area contributed by atoms with Crippen LogP contribution in [0.15, 0.2) is 24.3 Å². The van der Waals surface area contributed by atoms with Crippen LogP contribution in [0.25, 0.3) is 19.5 Å². The molecule has 0 aliphatic heterocycles. The number of hydrogen-bond donors (Lipinski definition) is 0. The van der Waals surface area contributed by atoms with E-state index in [1.165, 1.54) is 141 Å². The topological polar surface area (TPSA) is 0 Å². The molecule has 0 bridgehead atoms. The van der Waals surface area contributed by atoms with Crippen LogP contribution < -0.4 is 5.79 Å². The summed E-state index contributed by atoms with van der Waals surface area (Å²) in [5.41, 5.74) is 3.62. The van der Waals surface area contributed by atoms with Gasteiger partial charge in [-0.3, -0.25) is 0 Å². The fourth-order valence-corrected chi connectivity index (χ4v) is 53.0. The van der Waals surface area contributed by atoms with E-state index < -0.39 is 36.8 Å². The van der Waals surface area contributed by atoms with Gasteiger partial charge in [0.2, 0.25) is 0 Å². The fourth-order valence-electron chi connectivity index (χ4n) is 8.98. The summed E-state index contributed by atoms with van der Waals surface area (Å²) < 4.78 is 13.5. The molecule has 0 saturated carbocycles. The number of aryl methyl sites for hydroxylation is 2. The van der Waals surface area contributed by atoms with Crippen molar-refractivity contribution in [1.82, 2.24) is 0 Å². The molecular weight excluding hydrogens is 910 g/mol. The molecule has 0 fully saturated rings. The summed E-state index contributed by atoms with van der Waals surface area (Å²) in [4.78, 5) is 6.35. The molecule has 0 aliphatic carbocycles. The van der Waals surface area contributed by atoms with E-state index in [2.05, 4.69) is 114 Å². The second-order valence-corrected chi connectivity index (χ2v) is 48.2. The zero-order valence-electron chi connectivity index (χ0n) is 36.3. The van der Waals surface area contributed by atoms with Gasteiger partial charge >= 0.3 is 355 Å². The zero-order chi connectivity index (χ0) is 38.4. The van der Waals surface area contributed by atoms with Crippen molar-refractivity contribution in [3.8, 4) is 19.5 Å². The van der Waals surface area contributed by atoms with Crippen LogP contribution in [0.5, 0.6) is 0 Å². The van der Waals surface area contributed by atoms with Crippen molar-refractivity contribution in [2.45, 2.75) is 223 Å². The summed E-state index contributed by atoms with van der Waals surface area (Å²) in [5, 5.41) is 0. The quantitative estimate of drug-likeness (QED) is 0.0432. The van der Waals surface area contributed by atoms with E-state index in [1.54, 1.807) is 46.1 Å². The number of unbranched alkanes of at least 4 members (excludes halogenated alkanes) is 12. The van der Waals surface area contributed by atoms with Gasteiger partial charge in [-0.2, -0.15) is 0 Å². The summed E-state index contributed by atoms with van der Waals surface area (Å²) in [6.45, 7) is 19.3. The van der Waals surface area contributed by atoms with Gasteiger partial charge in [-0.15, -0.1) is 0 Å². The van der Waals surface area contributed by atoms with E-state index in [-0.39, 0.29) is 0 Å². The van der Waals surface area contributed by atoms with E-state index in [1.807, 2.05) is 16.9 Å². The standard InChI is InChI=1S/C24H30S3.6C4H9.2Sn/c1-3-5-7-9-11-19-15-23(25-17-19)21-13-14-22(27-21)24-16-20(18-26-24)12-10-8-6-4-2;6*1-3-4-2;;/h13-16H,3-12H2,1-2H3;6*1,3-4H2,2H3;;. The van der Waals surface area contributed by atoms with Crippen molar-refractivity contribution < 1.29 is 0 Å². The van der Waals surface area contributed by atoms with Crippen LogP contribution in [-0.4, -0.2) is 36.8 Å². The van der Waals surface area contributed by atoms with Gasteiger partial charge in [0.05, 0.1) is 0 Å². The van der Waals surface area contributed by atoms with Crippen LogP contribution in [0.1, 0.15) is 195 Å². The summed E-state index contributed by atoms with van der Waals surface area (Å²) in [6, 6.07) is 10.6. The first-order valence-electron chi connectivity index (χ1n) is 23.3. The van der Waals surface area contributed by atoms with Gasteiger partial charge in [0, 0.05) is 0 Å². The minimum atomic E-state index is -2.55. The molecule has 0 N–H and O–H groups in total. The molecule has 0 aliphatic rings. The molecule has 0 saturated heterocycles. The first-order valence-corrected chi connectivity index (χ1v) is 40.7. The third-order valence-electron chi connectivity index (χ3n) is 12.3. The summed E-state index contributed by atoms with van der Waals surface area (Å²) in [7, 11) is 0. The van der Waals surface area contributed by atoms with Crippen molar-refractivity contribution in [2.24, 2.45) is 0 Å². The average molecular weight is 995 g/mol. The third kappa shape index (κ3) is 14.8. The van der Waals surface area contributed by atoms with Gasteiger partial charge in [0.15, 0.2) is 0 Å². The van der Waals surface area contributed by atoms with Crippen LogP contribution >= 0.6 is 34.0 Å². The molecule has 0 atom stereocenters. The van der Waals surface area contributed by atoms with E-state index in [0.717, 1.165) is 0 Å². The van der Waals surface area contributed by atoms with Crippen LogP contribution in [0.4, 0.5) is 0 Å². The number of hydrogen-bond acceptors (Lipinski definition) is 3. The Bertz CT molecular complexity index is 1220. The monoisotopic (exact) mass is 996 g/mol. The first-order chi connectivity index (χ1) is 25.9. The molecule has 0 nitrogen and oxygen atoms in total. The van der Waals surface area contributed by atoms with Gasteiger partial charge in [0.25, 0.3) is 0 Å². The maximum absolute atomic E-state index is 2.75. The molecule has 0 spiro atoms. The second kappa shape index (κ2) is 27.4. The SMILES string of the molecule is CCCCCCc1cc(-c2ccc(-c3cc(CCCCCC)[c]([Sn]([CH2]CCC)([CH2]CCC)[CH2]CCC)s3)s2)s[c]1[Sn]([CH2]CCC)([CH2]CCC)[CH2]CCC. The van der Waals surface area contributed by atoms with E-state index in [4.69, 9.17) is 0 Å². The number of rotatable bonds is 32. The Morgan fingerprint density at radius 2 is 0.642 bits per heavy atom. The summed E-state index contributed by atoms with van der Waals surface area (Å²) >= 11 is 1.67. The van der Waals surface area contributed by atoms with Crippen molar-refractivity contribution in [2.75, 3.05) is 0 Å². The normalized spacial score (nSPS) is 12.4. The molecule has 302 valence electrons. The minimum absolute atomic E-state index is 1.32. The molecule has 3 heterocycles. The molecule has 3 rings (SSSR count). The van der Waals surface area contributed by atoms with Gasteiger partial charge in [0.1, 0.15) is 0 Å².